The Morgan fingerprint density at radius 3 is 2.36 bits per heavy atom. The number of piperidine rings is 1. The van der Waals surface area contributed by atoms with Gasteiger partial charge in [0.1, 0.15) is 0 Å². The van der Waals surface area contributed by atoms with Gasteiger partial charge in [-0.2, -0.15) is 4.31 Å². The molecule has 2 aliphatic rings. The second kappa shape index (κ2) is 6.86. The van der Waals surface area contributed by atoms with Crippen molar-refractivity contribution in [1.29, 1.82) is 0 Å². The molecule has 1 spiro atoms. The molecule has 25 heavy (non-hydrogen) atoms. The number of sulfonamides is 1. The first-order valence-corrected chi connectivity index (χ1v) is 10.6. The standard InChI is InChI=1S/C20H29NO3S/c1-15(2)18-14-21(20(13-19(18)22)11-5-4-6-12-20)25(23,24)17-9-7-16(3)8-10-17/h7-10,18-19,22H,1,4-6,11-14H2,2-3H3/t18-,19-/m1/s1. The van der Waals surface area contributed by atoms with Crippen molar-refractivity contribution in [3.05, 3.63) is 42.0 Å². The average Bonchev–Trinajstić information content (AvgIpc) is 2.55. The molecule has 0 bridgehead atoms. The molecule has 2 fully saturated rings. The highest BCUT2D eigenvalue weighted by Gasteiger charge is 2.51. The summed E-state index contributed by atoms with van der Waals surface area (Å²) in [5.74, 6) is -0.201. The zero-order valence-corrected chi connectivity index (χ0v) is 16.1. The summed E-state index contributed by atoms with van der Waals surface area (Å²) < 4.78 is 28.6. The molecule has 138 valence electrons. The van der Waals surface area contributed by atoms with E-state index in [9.17, 15) is 13.5 Å². The van der Waals surface area contributed by atoms with Gasteiger partial charge in [0.05, 0.1) is 11.0 Å². The monoisotopic (exact) mass is 363 g/mol. The van der Waals surface area contributed by atoms with Gasteiger partial charge in [-0.3, -0.25) is 0 Å². The predicted molar refractivity (Wildman–Crippen MR) is 99.8 cm³/mol. The highest BCUT2D eigenvalue weighted by Crippen LogP contribution is 2.45. The number of aliphatic hydroxyl groups is 1. The third-order valence-electron chi connectivity index (χ3n) is 5.97. The normalized spacial score (nSPS) is 27.3. The predicted octanol–water partition coefficient (Wildman–Crippen LogP) is 3.65. The van der Waals surface area contributed by atoms with Gasteiger partial charge >= 0.3 is 0 Å². The molecule has 1 heterocycles. The number of hydrogen-bond donors (Lipinski definition) is 1. The van der Waals surface area contributed by atoms with Gasteiger partial charge < -0.3 is 5.11 Å². The molecule has 1 aliphatic heterocycles. The largest absolute Gasteiger partial charge is 0.392 e. The average molecular weight is 364 g/mol. The van der Waals surface area contributed by atoms with Gasteiger partial charge in [0, 0.05) is 18.0 Å². The van der Waals surface area contributed by atoms with E-state index < -0.39 is 21.7 Å². The molecule has 1 aromatic carbocycles. The van der Waals surface area contributed by atoms with Crippen LogP contribution in [0.4, 0.5) is 0 Å². The fourth-order valence-corrected chi connectivity index (χ4v) is 6.32. The maximum absolute atomic E-state index is 13.5. The van der Waals surface area contributed by atoms with Crippen LogP contribution < -0.4 is 0 Å². The molecule has 2 atom stereocenters. The maximum Gasteiger partial charge on any atom is 0.243 e. The molecule has 1 saturated heterocycles. The number of nitrogens with zero attached hydrogens (tertiary/aromatic N) is 1. The van der Waals surface area contributed by atoms with E-state index in [0.717, 1.165) is 43.2 Å². The van der Waals surface area contributed by atoms with Crippen molar-refractivity contribution in [1.82, 2.24) is 4.31 Å². The van der Waals surface area contributed by atoms with Crippen molar-refractivity contribution in [3.63, 3.8) is 0 Å². The van der Waals surface area contributed by atoms with E-state index in [4.69, 9.17) is 0 Å². The number of rotatable bonds is 3. The Bertz CT molecular complexity index is 733. The van der Waals surface area contributed by atoms with Crippen molar-refractivity contribution >= 4 is 10.0 Å². The van der Waals surface area contributed by atoms with E-state index in [0.29, 0.717) is 17.9 Å². The molecule has 3 rings (SSSR count). The molecule has 1 N–H and O–H groups in total. The molecule has 5 heteroatoms. The Hall–Kier alpha value is -1.17. The van der Waals surface area contributed by atoms with Gasteiger partial charge in [-0.05, 0) is 45.2 Å². The van der Waals surface area contributed by atoms with Crippen LogP contribution in [0, 0.1) is 12.8 Å². The second-order valence-corrected chi connectivity index (χ2v) is 9.72. The first-order valence-electron chi connectivity index (χ1n) is 9.19. The van der Waals surface area contributed by atoms with Crippen LogP contribution in [0.1, 0.15) is 51.0 Å². The van der Waals surface area contributed by atoms with Crippen LogP contribution in [0.25, 0.3) is 0 Å². The Morgan fingerprint density at radius 1 is 1.20 bits per heavy atom. The van der Waals surface area contributed by atoms with Crippen molar-refractivity contribution in [2.45, 2.75) is 68.9 Å². The zero-order valence-electron chi connectivity index (χ0n) is 15.2. The maximum atomic E-state index is 13.5. The summed E-state index contributed by atoms with van der Waals surface area (Å²) in [6, 6.07) is 7.08. The molecule has 1 aliphatic carbocycles. The summed E-state index contributed by atoms with van der Waals surface area (Å²) in [6.07, 6.45) is 4.83. The van der Waals surface area contributed by atoms with E-state index in [-0.39, 0.29) is 5.92 Å². The summed E-state index contributed by atoms with van der Waals surface area (Å²) in [5, 5.41) is 10.7. The Kier molecular flexibility index (Phi) is 5.11. The van der Waals surface area contributed by atoms with Gasteiger partial charge in [0.2, 0.25) is 10.0 Å². The van der Waals surface area contributed by atoms with Crippen LogP contribution in [0.15, 0.2) is 41.3 Å². The first kappa shape index (κ1) is 18.6. The summed E-state index contributed by atoms with van der Waals surface area (Å²) >= 11 is 0. The van der Waals surface area contributed by atoms with Crippen molar-refractivity contribution < 1.29 is 13.5 Å². The van der Waals surface area contributed by atoms with Crippen LogP contribution in [0.5, 0.6) is 0 Å². The highest BCUT2D eigenvalue weighted by molar-refractivity contribution is 7.89. The fraction of sp³-hybridized carbons (Fsp3) is 0.600. The second-order valence-electron chi connectivity index (χ2n) is 7.86. The van der Waals surface area contributed by atoms with E-state index in [1.165, 1.54) is 0 Å². The third-order valence-corrected chi connectivity index (χ3v) is 7.96. The Balaban J connectivity index is 2.04. The minimum Gasteiger partial charge on any atom is -0.392 e. The summed E-state index contributed by atoms with van der Waals surface area (Å²) in [7, 11) is -3.60. The van der Waals surface area contributed by atoms with Crippen molar-refractivity contribution in [2.24, 2.45) is 5.92 Å². The zero-order chi connectivity index (χ0) is 18.2. The lowest BCUT2D eigenvalue weighted by atomic mass is 9.72. The lowest BCUT2D eigenvalue weighted by Gasteiger charge is -2.52. The van der Waals surface area contributed by atoms with Gasteiger partial charge in [-0.1, -0.05) is 49.1 Å². The van der Waals surface area contributed by atoms with E-state index in [1.54, 1.807) is 16.4 Å². The van der Waals surface area contributed by atoms with E-state index >= 15 is 0 Å². The number of aryl methyl sites for hydroxylation is 1. The van der Waals surface area contributed by atoms with Gasteiger partial charge in [-0.25, -0.2) is 8.42 Å². The highest BCUT2D eigenvalue weighted by atomic mass is 32.2. The first-order chi connectivity index (χ1) is 11.8. The fourth-order valence-electron chi connectivity index (χ4n) is 4.47. The molecular formula is C20H29NO3S. The van der Waals surface area contributed by atoms with Crippen molar-refractivity contribution in [2.75, 3.05) is 6.54 Å². The van der Waals surface area contributed by atoms with Gasteiger partial charge in [0.15, 0.2) is 0 Å². The van der Waals surface area contributed by atoms with Gasteiger partial charge in [-0.15, -0.1) is 0 Å². The number of benzene rings is 1. The summed E-state index contributed by atoms with van der Waals surface area (Å²) in [4.78, 5) is 0.347. The minimum absolute atomic E-state index is 0.201. The van der Waals surface area contributed by atoms with Crippen LogP contribution in [-0.4, -0.2) is 36.0 Å². The molecule has 1 saturated carbocycles. The van der Waals surface area contributed by atoms with Crippen LogP contribution in [-0.2, 0) is 10.0 Å². The minimum atomic E-state index is -3.60. The molecule has 1 aromatic rings. The van der Waals surface area contributed by atoms with Crippen LogP contribution >= 0.6 is 0 Å². The smallest absolute Gasteiger partial charge is 0.243 e. The quantitative estimate of drug-likeness (QED) is 0.834. The molecule has 0 unspecified atom stereocenters. The summed E-state index contributed by atoms with van der Waals surface area (Å²) in [5.41, 5.74) is 1.44. The number of aliphatic hydroxyl groups excluding tert-OH is 1. The van der Waals surface area contributed by atoms with E-state index in [1.807, 2.05) is 26.0 Å². The molecule has 4 nitrogen and oxygen atoms in total. The van der Waals surface area contributed by atoms with Crippen LogP contribution in [0.3, 0.4) is 0 Å². The SMILES string of the molecule is C=C(C)[C@H]1CN(S(=O)(=O)c2ccc(C)cc2)C2(CCCCC2)C[C@H]1O. The van der Waals surface area contributed by atoms with Crippen molar-refractivity contribution in [3.8, 4) is 0 Å². The molecule has 0 radical (unpaired) electrons. The summed E-state index contributed by atoms with van der Waals surface area (Å²) in [6.45, 7) is 8.14. The lowest BCUT2D eigenvalue weighted by Crippen LogP contribution is -2.61. The molecule has 0 aromatic heterocycles. The number of hydrogen-bond acceptors (Lipinski definition) is 3. The molecular weight excluding hydrogens is 334 g/mol. The third kappa shape index (κ3) is 3.42. The Labute approximate surface area is 151 Å². The van der Waals surface area contributed by atoms with E-state index in [2.05, 4.69) is 6.58 Å². The Morgan fingerprint density at radius 2 is 1.80 bits per heavy atom. The molecule has 0 amide bonds. The topological polar surface area (TPSA) is 57.6 Å². The van der Waals surface area contributed by atoms with Crippen LogP contribution in [0.2, 0.25) is 0 Å². The van der Waals surface area contributed by atoms with Gasteiger partial charge in [0.25, 0.3) is 0 Å². The lowest BCUT2D eigenvalue weighted by molar-refractivity contribution is -0.0226.